The number of aldehydes is 2. The van der Waals surface area contributed by atoms with E-state index in [2.05, 4.69) is 15.9 Å². The first-order chi connectivity index (χ1) is 23.7. The van der Waals surface area contributed by atoms with Crippen LogP contribution in [0.4, 0.5) is 0 Å². The molecule has 252 valence electrons. The molecule has 0 atom stereocenters. The maximum absolute atomic E-state index is 11.1. The zero-order valence-electron chi connectivity index (χ0n) is 25.4. The second-order valence-electron chi connectivity index (χ2n) is 10.4. The van der Waals surface area contributed by atoms with Crippen LogP contribution in [0.1, 0.15) is 41.4 Å². The lowest BCUT2D eigenvalue weighted by Gasteiger charge is -2.09. The highest BCUT2D eigenvalue weighted by Gasteiger charge is 2.17. The van der Waals surface area contributed by atoms with E-state index in [1.54, 1.807) is 30.3 Å². The van der Waals surface area contributed by atoms with Crippen LogP contribution in [0.25, 0.3) is 32.7 Å². The summed E-state index contributed by atoms with van der Waals surface area (Å²) in [5.41, 5.74) is 1.98. The van der Waals surface area contributed by atoms with Gasteiger partial charge in [0.25, 0.3) is 0 Å². The molecule has 6 N–H and O–H groups in total. The molecule has 0 aliphatic rings. The minimum Gasteiger partial charge on any atom is -0.507 e. The van der Waals surface area contributed by atoms with Gasteiger partial charge in [-0.1, -0.05) is 69.5 Å². The summed E-state index contributed by atoms with van der Waals surface area (Å²) in [7, 11) is -1.76. The van der Waals surface area contributed by atoms with E-state index in [9.17, 15) is 29.4 Å². The molecule has 0 aliphatic carbocycles. The summed E-state index contributed by atoms with van der Waals surface area (Å²) >= 11 is 15.1. The van der Waals surface area contributed by atoms with Crippen molar-refractivity contribution in [3.63, 3.8) is 0 Å². The number of aromatic carboxylic acids is 2. The maximum atomic E-state index is 11.1. The third kappa shape index (κ3) is 8.67. The minimum atomic E-state index is -1.76. The van der Waals surface area contributed by atoms with Crippen molar-refractivity contribution in [3.05, 3.63) is 134 Å². The molecule has 10 nitrogen and oxygen atoms in total. The smallest absolute Gasteiger partial charge is 0.489 e. The lowest BCUT2D eigenvalue weighted by Crippen LogP contribution is -2.31. The molecule has 0 aromatic heterocycles. The van der Waals surface area contributed by atoms with Gasteiger partial charge in [0, 0.05) is 25.5 Å². The normalized spacial score (nSPS) is 10.3. The van der Waals surface area contributed by atoms with E-state index in [4.69, 9.17) is 43.5 Å². The SMILES string of the molecule is O=C(O)c1ccc(Cl)c(B(O)O)c1.O=Cc1c(O)ccc2cc(-c3cc(C(=O)O)ccc3Cl)ccc12.O=Cc1c(O)ccc2cc(Br)ccc12. The number of carboxylic acids is 2. The van der Waals surface area contributed by atoms with Crippen molar-refractivity contribution in [2.24, 2.45) is 0 Å². The van der Waals surface area contributed by atoms with E-state index in [0.717, 1.165) is 32.3 Å². The van der Waals surface area contributed by atoms with Crippen LogP contribution in [0.2, 0.25) is 10.0 Å². The molecule has 0 fully saturated rings. The molecule has 0 saturated carbocycles. The van der Waals surface area contributed by atoms with Gasteiger partial charge in [0.05, 0.1) is 22.3 Å². The Morgan fingerprint density at radius 2 is 1.12 bits per heavy atom. The van der Waals surface area contributed by atoms with Gasteiger partial charge in [-0.15, -0.1) is 0 Å². The van der Waals surface area contributed by atoms with Gasteiger partial charge in [0.15, 0.2) is 12.6 Å². The summed E-state index contributed by atoms with van der Waals surface area (Å²) in [6.45, 7) is 0. The zero-order chi connectivity index (χ0) is 36.7. The molecule has 0 unspecified atom stereocenters. The number of phenolic OH excluding ortho intramolecular Hbond substituents is 2. The predicted octanol–water partition coefficient (Wildman–Crippen LogP) is 7.21. The molecule has 14 heteroatoms. The molecular formula is C36H24BBrCl2O10. The fourth-order valence-corrected chi connectivity index (χ4v) is 5.65. The molecule has 6 rings (SSSR count). The number of benzene rings is 6. The predicted molar refractivity (Wildman–Crippen MR) is 195 cm³/mol. The molecule has 0 saturated heterocycles. The number of aromatic hydroxyl groups is 2. The highest BCUT2D eigenvalue weighted by molar-refractivity contribution is 9.10. The van der Waals surface area contributed by atoms with Crippen molar-refractivity contribution in [2.75, 3.05) is 0 Å². The highest BCUT2D eigenvalue weighted by atomic mass is 79.9. The first kappa shape index (κ1) is 37.6. The summed E-state index contributed by atoms with van der Waals surface area (Å²) in [6, 6.07) is 25.4. The first-order valence-electron chi connectivity index (χ1n) is 14.2. The van der Waals surface area contributed by atoms with E-state index in [0.29, 0.717) is 34.1 Å². The average Bonchev–Trinajstić information content (AvgIpc) is 3.08. The fourth-order valence-electron chi connectivity index (χ4n) is 4.83. The van der Waals surface area contributed by atoms with Gasteiger partial charge in [-0.05, 0) is 93.8 Å². The van der Waals surface area contributed by atoms with Crippen LogP contribution >= 0.6 is 39.1 Å². The van der Waals surface area contributed by atoms with Crippen molar-refractivity contribution < 1.29 is 49.7 Å². The van der Waals surface area contributed by atoms with E-state index >= 15 is 0 Å². The van der Waals surface area contributed by atoms with Gasteiger partial charge in [-0.2, -0.15) is 0 Å². The zero-order valence-corrected chi connectivity index (χ0v) is 28.5. The Kier molecular flexibility index (Phi) is 12.4. The number of carboxylic acid groups (broad SMARTS) is 2. The summed E-state index contributed by atoms with van der Waals surface area (Å²) in [5.74, 6) is -2.23. The van der Waals surface area contributed by atoms with Crippen LogP contribution in [-0.4, -0.2) is 62.1 Å². The van der Waals surface area contributed by atoms with Gasteiger partial charge in [0.1, 0.15) is 11.5 Å². The van der Waals surface area contributed by atoms with Crippen LogP contribution in [0.15, 0.2) is 102 Å². The van der Waals surface area contributed by atoms with Crippen LogP contribution in [0, 0.1) is 0 Å². The Balaban J connectivity index is 0.000000180. The van der Waals surface area contributed by atoms with Gasteiger partial charge in [-0.25, -0.2) is 9.59 Å². The highest BCUT2D eigenvalue weighted by Crippen LogP contribution is 2.34. The number of halogens is 3. The first-order valence-corrected chi connectivity index (χ1v) is 15.8. The van der Waals surface area contributed by atoms with Gasteiger partial charge in [-0.3, -0.25) is 9.59 Å². The fraction of sp³-hybridized carbons (Fsp3) is 0. The van der Waals surface area contributed by atoms with Crippen LogP contribution in [0.5, 0.6) is 11.5 Å². The monoisotopic (exact) mass is 776 g/mol. The summed E-state index contributed by atoms with van der Waals surface area (Å²) in [4.78, 5) is 43.5. The van der Waals surface area contributed by atoms with Crippen LogP contribution in [0.3, 0.4) is 0 Å². The lowest BCUT2D eigenvalue weighted by atomic mass is 9.79. The lowest BCUT2D eigenvalue weighted by molar-refractivity contribution is 0.0686. The third-order valence-corrected chi connectivity index (χ3v) is 8.49. The standard InChI is InChI=1S/C18H11ClO4.C11H7BrO2.C7H6BClO4/c19-16-5-2-12(18(22)23)8-14(16)11-1-4-13-10(7-11)3-6-17(21)15(13)9-20;12-8-2-3-9-7(5-8)1-4-11(14)10(9)6-13;9-6-2-1-4(7(10)11)3-5(6)8(12)13/h1-9,21H,(H,22,23);1-6,14H;1-3,12-13H,(H,10,11). The summed E-state index contributed by atoms with van der Waals surface area (Å²) < 4.78 is 0.951. The maximum Gasteiger partial charge on any atom is 0.489 e. The Morgan fingerprint density at radius 3 is 1.64 bits per heavy atom. The molecule has 6 aromatic rings. The molecule has 0 amide bonds. The molecule has 0 aliphatic heterocycles. The number of fused-ring (bicyclic) bond motifs is 2. The Hall–Kier alpha value is -5.24. The molecular weight excluding hydrogens is 754 g/mol. The minimum absolute atomic E-state index is 0.0124. The van der Waals surface area contributed by atoms with Crippen LogP contribution in [-0.2, 0) is 0 Å². The van der Waals surface area contributed by atoms with Crippen molar-refractivity contribution in [3.8, 4) is 22.6 Å². The Labute approximate surface area is 302 Å². The molecule has 0 bridgehead atoms. The number of carbonyl (C=O) groups excluding carboxylic acids is 2. The second-order valence-corrected chi connectivity index (χ2v) is 12.2. The number of hydrogen-bond acceptors (Lipinski definition) is 8. The number of rotatable bonds is 6. The quantitative estimate of drug-likeness (QED) is 0.0744. The van der Waals surface area contributed by atoms with E-state index in [1.165, 1.54) is 42.5 Å². The number of hydrogen-bond donors (Lipinski definition) is 6. The number of carbonyl (C=O) groups is 4. The Morgan fingerprint density at radius 1 is 0.620 bits per heavy atom. The molecule has 0 spiro atoms. The van der Waals surface area contributed by atoms with Gasteiger partial charge < -0.3 is 30.5 Å². The topological polar surface area (TPSA) is 190 Å². The second kappa shape index (κ2) is 16.4. The molecule has 0 heterocycles. The van der Waals surface area contributed by atoms with Crippen molar-refractivity contribution in [2.45, 2.75) is 0 Å². The summed E-state index contributed by atoms with van der Waals surface area (Å²) in [6.07, 6.45) is 1.28. The van der Waals surface area contributed by atoms with Crippen molar-refractivity contribution in [1.82, 2.24) is 0 Å². The van der Waals surface area contributed by atoms with E-state index in [1.807, 2.05) is 18.2 Å². The van der Waals surface area contributed by atoms with Crippen molar-refractivity contribution >= 4 is 97.8 Å². The summed E-state index contributed by atoms with van der Waals surface area (Å²) in [5, 5.41) is 58.0. The average molecular weight is 778 g/mol. The van der Waals surface area contributed by atoms with E-state index < -0.39 is 19.1 Å². The van der Waals surface area contributed by atoms with Crippen LogP contribution < -0.4 is 5.46 Å². The Bertz CT molecular complexity index is 2280. The van der Waals surface area contributed by atoms with E-state index in [-0.39, 0.29) is 38.7 Å². The molecule has 0 radical (unpaired) electrons. The largest absolute Gasteiger partial charge is 0.507 e. The van der Waals surface area contributed by atoms with Crippen molar-refractivity contribution in [1.29, 1.82) is 0 Å². The molecule has 6 aromatic carbocycles. The third-order valence-electron chi connectivity index (χ3n) is 7.32. The molecule has 50 heavy (non-hydrogen) atoms. The number of phenols is 2. The van der Waals surface area contributed by atoms with Gasteiger partial charge in [0.2, 0.25) is 0 Å². The van der Waals surface area contributed by atoms with Gasteiger partial charge >= 0.3 is 19.1 Å².